The van der Waals surface area contributed by atoms with E-state index in [9.17, 15) is 9.18 Å². The van der Waals surface area contributed by atoms with Gasteiger partial charge in [0.25, 0.3) is 0 Å². The van der Waals surface area contributed by atoms with Crippen molar-refractivity contribution in [2.45, 2.75) is 13.0 Å². The van der Waals surface area contributed by atoms with Crippen LogP contribution in [-0.4, -0.2) is 27.7 Å². The van der Waals surface area contributed by atoms with Crippen molar-refractivity contribution in [3.63, 3.8) is 0 Å². The second-order valence-electron chi connectivity index (χ2n) is 5.36. The molecule has 3 heterocycles. The molecule has 8 heteroatoms. The van der Waals surface area contributed by atoms with Crippen molar-refractivity contribution in [1.29, 1.82) is 0 Å². The van der Waals surface area contributed by atoms with Crippen molar-refractivity contribution in [3.05, 3.63) is 47.5 Å². The first-order chi connectivity index (χ1) is 11.7. The Morgan fingerprint density at radius 2 is 2.29 bits per heavy atom. The highest BCUT2D eigenvalue weighted by molar-refractivity contribution is 5.92. The van der Waals surface area contributed by atoms with Crippen molar-refractivity contribution in [1.82, 2.24) is 15.0 Å². The number of pyridine rings is 1. The minimum atomic E-state index is -0.429. The minimum absolute atomic E-state index is 0.0274. The van der Waals surface area contributed by atoms with E-state index in [4.69, 9.17) is 9.47 Å². The van der Waals surface area contributed by atoms with Gasteiger partial charge >= 0.3 is 0 Å². The normalized spacial score (nSPS) is 13.4. The number of carbonyl (C=O) groups is 1. The Balaban J connectivity index is 1.54. The van der Waals surface area contributed by atoms with Crippen LogP contribution in [-0.2, 0) is 22.6 Å². The van der Waals surface area contributed by atoms with Crippen LogP contribution in [0.5, 0.6) is 5.75 Å². The summed E-state index contributed by atoms with van der Waals surface area (Å²) in [6, 6.07) is 6.09. The highest BCUT2D eigenvalue weighted by Crippen LogP contribution is 2.30. The van der Waals surface area contributed by atoms with Gasteiger partial charge in [0.15, 0.2) is 12.4 Å². The highest BCUT2D eigenvalue weighted by atomic mass is 19.1. The highest BCUT2D eigenvalue weighted by Gasteiger charge is 2.19. The van der Waals surface area contributed by atoms with Gasteiger partial charge < -0.3 is 19.8 Å². The lowest BCUT2D eigenvalue weighted by atomic mass is 10.0. The van der Waals surface area contributed by atoms with Gasteiger partial charge in [0.05, 0.1) is 24.9 Å². The summed E-state index contributed by atoms with van der Waals surface area (Å²) in [6.45, 7) is 0.351. The van der Waals surface area contributed by atoms with Gasteiger partial charge in [0.1, 0.15) is 17.4 Å². The van der Waals surface area contributed by atoms with Crippen LogP contribution in [0.2, 0.25) is 0 Å². The Kier molecular flexibility index (Phi) is 3.58. The van der Waals surface area contributed by atoms with E-state index in [1.54, 1.807) is 12.1 Å². The molecule has 0 aliphatic carbocycles. The Morgan fingerprint density at radius 3 is 3.21 bits per heavy atom. The predicted octanol–water partition coefficient (Wildman–Crippen LogP) is 2.14. The summed E-state index contributed by atoms with van der Waals surface area (Å²) in [6.07, 6.45) is 1.50. The molecule has 0 saturated heterocycles. The number of imidazole rings is 1. The average molecular weight is 328 g/mol. The third-order valence-corrected chi connectivity index (χ3v) is 3.65. The topological polar surface area (TPSA) is 89.1 Å². The monoisotopic (exact) mass is 328 g/mol. The molecule has 2 aromatic heterocycles. The van der Waals surface area contributed by atoms with Gasteiger partial charge in [-0.2, -0.15) is 0 Å². The Hall–Kier alpha value is -3.00. The summed E-state index contributed by atoms with van der Waals surface area (Å²) < 4.78 is 24.2. The molecule has 0 radical (unpaired) electrons. The molecule has 4 rings (SSSR count). The zero-order valence-electron chi connectivity index (χ0n) is 12.5. The third kappa shape index (κ3) is 2.79. The van der Waals surface area contributed by atoms with Gasteiger partial charge in [-0.15, -0.1) is 0 Å². The summed E-state index contributed by atoms with van der Waals surface area (Å²) in [5.41, 5.74) is 2.36. The van der Waals surface area contributed by atoms with Crippen LogP contribution >= 0.6 is 0 Å². The molecule has 2 N–H and O–H groups in total. The van der Waals surface area contributed by atoms with Crippen LogP contribution in [0.15, 0.2) is 30.6 Å². The first kappa shape index (κ1) is 14.6. The number of aromatic amines is 1. The number of fused-ring (bicyclic) bond motifs is 2. The minimum Gasteiger partial charge on any atom is -0.467 e. The molecule has 1 aromatic carbocycles. The summed E-state index contributed by atoms with van der Waals surface area (Å²) in [4.78, 5) is 23.4. The Morgan fingerprint density at radius 1 is 1.38 bits per heavy atom. The molecule has 0 atom stereocenters. The first-order valence-corrected chi connectivity index (χ1v) is 7.31. The van der Waals surface area contributed by atoms with E-state index >= 15 is 0 Å². The lowest BCUT2D eigenvalue weighted by Gasteiger charge is -2.20. The van der Waals surface area contributed by atoms with Crippen molar-refractivity contribution in [2.75, 3.05) is 12.1 Å². The molecule has 0 fully saturated rings. The number of aromatic nitrogens is 3. The molecular weight excluding hydrogens is 315 g/mol. The quantitative estimate of drug-likeness (QED) is 0.769. The molecule has 122 valence electrons. The lowest BCUT2D eigenvalue weighted by Crippen LogP contribution is -2.19. The molecule has 3 aromatic rings. The second kappa shape index (κ2) is 5.89. The number of carbonyl (C=O) groups excluding carboxylic acids is 1. The standard InChI is InChI=1S/C16H13FN4O3/c17-11-3-9(15-10(4-11)6-23-8-24-15)5-14(22)20-13-2-1-12-16(21-13)19-7-18-12/h1-4,7H,5-6,8H2,(H2,18,19,20,21,22). The number of nitrogens with zero attached hydrogens (tertiary/aromatic N) is 2. The molecule has 1 aliphatic rings. The number of ether oxygens (including phenoxy) is 2. The fourth-order valence-corrected chi connectivity index (χ4v) is 2.64. The van der Waals surface area contributed by atoms with Crippen LogP contribution in [0.3, 0.4) is 0 Å². The van der Waals surface area contributed by atoms with E-state index in [-0.39, 0.29) is 25.7 Å². The maximum atomic E-state index is 13.7. The summed E-state index contributed by atoms with van der Waals surface area (Å²) in [7, 11) is 0. The molecule has 0 spiro atoms. The smallest absolute Gasteiger partial charge is 0.230 e. The molecule has 7 nitrogen and oxygen atoms in total. The van der Waals surface area contributed by atoms with Gasteiger partial charge in [-0.3, -0.25) is 4.79 Å². The number of hydrogen-bond acceptors (Lipinski definition) is 5. The Bertz CT molecular complexity index is 925. The van der Waals surface area contributed by atoms with E-state index in [1.807, 2.05) is 0 Å². The number of anilines is 1. The van der Waals surface area contributed by atoms with Crippen LogP contribution in [0.1, 0.15) is 11.1 Å². The maximum Gasteiger partial charge on any atom is 0.230 e. The van der Waals surface area contributed by atoms with E-state index in [0.29, 0.717) is 28.3 Å². The van der Waals surface area contributed by atoms with Crippen molar-refractivity contribution >= 4 is 22.9 Å². The van der Waals surface area contributed by atoms with Gasteiger partial charge in [-0.1, -0.05) is 0 Å². The fraction of sp³-hybridized carbons (Fsp3) is 0.188. The summed E-state index contributed by atoms with van der Waals surface area (Å²) >= 11 is 0. The fourth-order valence-electron chi connectivity index (χ4n) is 2.64. The second-order valence-corrected chi connectivity index (χ2v) is 5.36. The number of hydrogen-bond donors (Lipinski definition) is 2. The van der Waals surface area contributed by atoms with E-state index in [0.717, 1.165) is 5.52 Å². The van der Waals surface area contributed by atoms with Crippen molar-refractivity contribution in [2.24, 2.45) is 0 Å². The molecule has 24 heavy (non-hydrogen) atoms. The number of nitrogens with one attached hydrogen (secondary N) is 2. The predicted molar refractivity (Wildman–Crippen MR) is 82.9 cm³/mol. The molecule has 0 unspecified atom stereocenters. The molecule has 1 aliphatic heterocycles. The number of benzene rings is 1. The first-order valence-electron chi connectivity index (χ1n) is 7.31. The van der Waals surface area contributed by atoms with Crippen molar-refractivity contribution < 1.29 is 18.7 Å². The Labute approximate surface area is 135 Å². The number of amides is 1. The van der Waals surface area contributed by atoms with Crippen LogP contribution < -0.4 is 10.1 Å². The molecule has 0 saturated carbocycles. The van der Waals surface area contributed by atoms with Crippen LogP contribution in [0, 0.1) is 5.82 Å². The van der Waals surface area contributed by atoms with Gasteiger partial charge in [-0.25, -0.2) is 14.4 Å². The SMILES string of the molecule is O=C(Cc1cc(F)cc2c1OCOC2)Nc1ccc2[nH]cnc2n1. The van der Waals surface area contributed by atoms with Gasteiger partial charge in [-0.05, 0) is 24.3 Å². The number of H-pyrrole nitrogens is 1. The van der Waals surface area contributed by atoms with E-state index in [1.165, 1.54) is 18.5 Å². The zero-order valence-corrected chi connectivity index (χ0v) is 12.5. The maximum absolute atomic E-state index is 13.7. The third-order valence-electron chi connectivity index (χ3n) is 3.65. The van der Waals surface area contributed by atoms with Crippen LogP contribution in [0.4, 0.5) is 10.2 Å². The summed E-state index contributed by atoms with van der Waals surface area (Å²) in [5, 5.41) is 2.69. The molecule has 0 bridgehead atoms. The van der Waals surface area contributed by atoms with E-state index < -0.39 is 5.82 Å². The molecular formula is C16H13FN4O3. The van der Waals surface area contributed by atoms with Crippen LogP contribution in [0.25, 0.3) is 11.2 Å². The number of halogens is 1. The van der Waals surface area contributed by atoms with Gasteiger partial charge in [0.2, 0.25) is 5.91 Å². The van der Waals surface area contributed by atoms with Gasteiger partial charge in [0, 0.05) is 11.1 Å². The zero-order chi connectivity index (χ0) is 16.5. The lowest BCUT2D eigenvalue weighted by molar-refractivity contribution is -0.115. The largest absolute Gasteiger partial charge is 0.467 e. The summed E-state index contributed by atoms with van der Waals surface area (Å²) in [5.74, 6) is 0.143. The number of rotatable bonds is 3. The van der Waals surface area contributed by atoms with Crippen molar-refractivity contribution in [3.8, 4) is 5.75 Å². The molecule has 1 amide bonds. The van der Waals surface area contributed by atoms with E-state index in [2.05, 4.69) is 20.3 Å². The average Bonchev–Trinajstić information content (AvgIpc) is 3.02.